The van der Waals surface area contributed by atoms with Crippen LogP contribution in [0.5, 0.6) is 0 Å². The molecular weight excluding hydrogens is 344 g/mol. The number of rotatable bonds is 4. The zero-order valence-corrected chi connectivity index (χ0v) is 15.9. The molecule has 1 unspecified atom stereocenters. The Morgan fingerprint density at radius 3 is 2.74 bits per heavy atom. The van der Waals surface area contributed by atoms with Gasteiger partial charge in [-0.15, -0.1) is 0 Å². The van der Waals surface area contributed by atoms with Gasteiger partial charge < -0.3 is 14.2 Å². The minimum atomic E-state index is 0.0842. The summed E-state index contributed by atoms with van der Waals surface area (Å²) in [5, 5.41) is 4.26. The van der Waals surface area contributed by atoms with E-state index in [4.69, 9.17) is 9.26 Å². The van der Waals surface area contributed by atoms with Crippen LogP contribution in [0.25, 0.3) is 11.5 Å². The molecule has 4 rings (SSSR count). The van der Waals surface area contributed by atoms with Gasteiger partial charge in [-0.05, 0) is 43.9 Å². The van der Waals surface area contributed by atoms with Gasteiger partial charge in [0.25, 0.3) is 5.89 Å². The molecule has 3 heterocycles. The zero-order chi connectivity index (χ0) is 18.9. The number of aromatic nitrogens is 2. The lowest BCUT2D eigenvalue weighted by Gasteiger charge is -2.39. The van der Waals surface area contributed by atoms with Gasteiger partial charge in [-0.3, -0.25) is 9.69 Å². The summed E-state index contributed by atoms with van der Waals surface area (Å²) in [6.45, 7) is 2.76. The van der Waals surface area contributed by atoms with Gasteiger partial charge in [0.2, 0.25) is 5.91 Å². The first-order valence-corrected chi connectivity index (χ1v) is 9.46. The van der Waals surface area contributed by atoms with E-state index in [9.17, 15) is 4.79 Å². The van der Waals surface area contributed by atoms with Gasteiger partial charge >= 0.3 is 0 Å². The highest BCUT2D eigenvalue weighted by atomic mass is 16.5. The molecule has 0 N–H and O–H groups in total. The quantitative estimate of drug-likeness (QED) is 0.823. The molecular formula is C20H26N4O3. The van der Waals surface area contributed by atoms with Crippen molar-refractivity contribution in [2.24, 2.45) is 5.41 Å². The molecule has 2 saturated heterocycles. The number of nitrogens with zero attached hydrogens (tertiary/aromatic N) is 4. The minimum Gasteiger partial charge on any atom is -0.375 e. The molecule has 2 aliphatic heterocycles. The fraction of sp³-hybridized carbons (Fsp3) is 0.550. The molecule has 1 aromatic carbocycles. The summed E-state index contributed by atoms with van der Waals surface area (Å²) in [5.41, 5.74) is 1.16. The Morgan fingerprint density at radius 1 is 1.30 bits per heavy atom. The van der Waals surface area contributed by atoms with Gasteiger partial charge in [0.05, 0.1) is 6.04 Å². The summed E-state index contributed by atoms with van der Waals surface area (Å²) >= 11 is 0. The van der Waals surface area contributed by atoms with Crippen LogP contribution in [-0.2, 0) is 9.53 Å². The number of likely N-dealkylation sites (tertiary alicyclic amines) is 2. The highest BCUT2D eigenvalue weighted by molar-refractivity contribution is 5.77. The summed E-state index contributed by atoms with van der Waals surface area (Å²) in [6, 6.07) is 10.0. The Labute approximate surface area is 159 Å². The van der Waals surface area contributed by atoms with Gasteiger partial charge in [0, 0.05) is 32.3 Å². The van der Waals surface area contributed by atoms with Crippen molar-refractivity contribution in [3.8, 4) is 11.5 Å². The third kappa shape index (κ3) is 3.61. The molecule has 7 heteroatoms. The lowest BCUT2D eigenvalue weighted by atomic mass is 9.76. The number of benzene rings is 1. The molecule has 1 atom stereocenters. The Kier molecular flexibility index (Phi) is 4.97. The van der Waals surface area contributed by atoms with Crippen molar-refractivity contribution in [3.63, 3.8) is 0 Å². The van der Waals surface area contributed by atoms with E-state index in [0.29, 0.717) is 5.89 Å². The van der Waals surface area contributed by atoms with Crippen LogP contribution >= 0.6 is 0 Å². The third-order valence-electron chi connectivity index (χ3n) is 5.95. The molecule has 7 nitrogen and oxygen atoms in total. The molecule has 0 saturated carbocycles. The van der Waals surface area contributed by atoms with E-state index in [1.165, 1.54) is 0 Å². The molecule has 144 valence electrons. The predicted octanol–water partition coefficient (Wildman–Crippen LogP) is 2.37. The smallest absolute Gasteiger partial charge is 0.257 e. The number of ether oxygens (including phenoxy) is 1. The summed E-state index contributed by atoms with van der Waals surface area (Å²) in [6.07, 6.45) is 3.02. The van der Waals surface area contributed by atoms with Gasteiger partial charge in [0.15, 0.2) is 5.82 Å². The average Bonchev–Trinajstić information content (AvgIpc) is 3.28. The highest BCUT2D eigenvalue weighted by Gasteiger charge is 2.46. The van der Waals surface area contributed by atoms with Crippen LogP contribution in [-0.4, -0.2) is 66.2 Å². The molecule has 2 aliphatic rings. The van der Waals surface area contributed by atoms with E-state index in [1.807, 2.05) is 35.2 Å². The number of hydrogen-bond acceptors (Lipinski definition) is 6. The first kappa shape index (κ1) is 18.1. The van der Waals surface area contributed by atoms with Crippen LogP contribution in [0.2, 0.25) is 0 Å². The van der Waals surface area contributed by atoms with Gasteiger partial charge in [-0.1, -0.05) is 23.4 Å². The maximum absolute atomic E-state index is 12.0. The molecule has 2 fully saturated rings. The standard InChI is InChI=1S/C20H26N4O3/c1-23-14-20(8-10-24(11-9-20)17(25)13-26-2)12-16(23)18-21-19(27-22-18)15-6-4-3-5-7-15/h3-7,16H,8-14H2,1-2H3. The van der Waals surface area contributed by atoms with E-state index >= 15 is 0 Å². The lowest BCUT2D eigenvalue weighted by Crippen LogP contribution is -2.45. The van der Waals surface area contributed by atoms with Gasteiger partial charge in [-0.25, -0.2) is 0 Å². The second-order valence-electron chi connectivity index (χ2n) is 7.77. The first-order valence-electron chi connectivity index (χ1n) is 9.46. The van der Waals surface area contributed by atoms with Crippen molar-refractivity contribution < 1.29 is 14.1 Å². The van der Waals surface area contributed by atoms with Crippen LogP contribution in [0.3, 0.4) is 0 Å². The Hall–Kier alpha value is -2.25. The summed E-state index contributed by atoms with van der Waals surface area (Å²) in [5.74, 6) is 1.41. The van der Waals surface area contributed by atoms with Crippen LogP contribution < -0.4 is 0 Å². The topological polar surface area (TPSA) is 71.7 Å². The summed E-state index contributed by atoms with van der Waals surface area (Å²) in [4.78, 5) is 21.0. The van der Waals surface area contributed by atoms with E-state index in [0.717, 1.165) is 50.3 Å². The molecule has 0 bridgehead atoms. The van der Waals surface area contributed by atoms with Gasteiger partial charge in [-0.2, -0.15) is 4.98 Å². The van der Waals surface area contributed by atoms with Gasteiger partial charge in [0.1, 0.15) is 6.61 Å². The maximum Gasteiger partial charge on any atom is 0.257 e. The molecule has 27 heavy (non-hydrogen) atoms. The zero-order valence-electron chi connectivity index (χ0n) is 15.9. The SMILES string of the molecule is COCC(=O)N1CCC2(CC1)CC(c1noc(-c3ccccc3)n1)N(C)C2. The number of methoxy groups -OCH3 is 1. The second kappa shape index (κ2) is 7.40. The van der Waals surface area contributed by atoms with Crippen LogP contribution in [0.4, 0.5) is 0 Å². The van der Waals surface area contributed by atoms with Crippen molar-refractivity contribution in [3.05, 3.63) is 36.2 Å². The minimum absolute atomic E-state index is 0.0842. The Morgan fingerprint density at radius 2 is 2.04 bits per heavy atom. The van der Waals surface area contributed by atoms with Crippen LogP contribution in [0.1, 0.15) is 31.1 Å². The fourth-order valence-corrected chi connectivity index (χ4v) is 4.43. The number of piperidine rings is 1. The monoisotopic (exact) mass is 370 g/mol. The van der Waals surface area contributed by atoms with Crippen molar-refractivity contribution in [2.45, 2.75) is 25.3 Å². The van der Waals surface area contributed by atoms with E-state index in [2.05, 4.69) is 22.1 Å². The predicted molar refractivity (Wildman–Crippen MR) is 99.8 cm³/mol. The van der Waals surface area contributed by atoms with E-state index < -0.39 is 0 Å². The van der Waals surface area contributed by atoms with Crippen LogP contribution in [0, 0.1) is 5.41 Å². The fourth-order valence-electron chi connectivity index (χ4n) is 4.43. The molecule has 0 aliphatic carbocycles. The molecule has 1 spiro atoms. The normalized spacial score (nSPS) is 22.4. The van der Waals surface area contributed by atoms with Crippen molar-refractivity contribution >= 4 is 5.91 Å². The van der Waals surface area contributed by atoms with E-state index in [1.54, 1.807) is 7.11 Å². The van der Waals surface area contributed by atoms with Crippen LogP contribution in [0.15, 0.2) is 34.9 Å². The van der Waals surface area contributed by atoms with Crippen molar-refractivity contribution in [1.82, 2.24) is 19.9 Å². The number of hydrogen-bond donors (Lipinski definition) is 0. The molecule has 1 amide bonds. The lowest BCUT2D eigenvalue weighted by molar-refractivity contribution is -0.137. The number of carbonyl (C=O) groups is 1. The van der Waals surface area contributed by atoms with Crippen molar-refractivity contribution in [2.75, 3.05) is 40.4 Å². The maximum atomic E-state index is 12.0. The van der Waals surface area contributed by atoms with E-state index in [-0.39, 0.29) is 24.0 Å². The number of carbonyl (C=O) groups excluding carboxylic acids is 1. The first-order chi connectivity index (χ1) is 13.1. The summed E-state index contributed by atoms with van der Waals surface area (Å²) in [7, 11) is 3.69. The third-order valence-corrected chi connectivity index (χ3v) is 5.95. The second-order valence-corrected chi connectivity index (χ2v) is 7.77. The molecule has 0 radical (unpaired) electrons. The van der Waals surface area contributed by atoms with Crippen molar-refractivity contribution in [1.29, 1.82) is 0 Å². The summed E-state index contributed by atoms with van der Waals surface area (Å²) < 4.78 is 10.5. The highest BCUT2D eigenvalue weighted by Crippen LogP contribution is 2.47. The Bertz CT molecular complexity index is 784. The largest absolute Gasteiger partial charge is 0.375 e. The Balaban J connectivity index is 1.44. The average molecular weight is 370 g/mol. The molecule has 2 aromatic rings. The molecule has 1 aromatic heterocycles. The number of amides is 1.